The number of benzene rings is 1. The lowest BCUT2D eigenvalue weighted by molar-refractivity contribution is -0.137. The minimum atomic E-state index is -4.37. The van der Waals surface area contributed by atoms with Crippen molar-refractivity contribution in [3.63, 3.8) is 0 Å². The van der Waals surface area contributed by atoms with Gasteiger partial charge in [0.25, 0.3) is 0 Å². The molecule has 0 saturated carbocycles. The molecule has 0 saturated heterocycles. The molecule has 1 aromatic carbocycles. The zero-order chi connectivity index (χ0) is 18.0. The molecule has 2 rings (SSSR count). The molecule has 24 heavy (non-hydrogen) atoms. The van der Waals surface area contributed by atoms with E-state index >= 15 is 0 Å². The average molecular weight is 355 g/mol. The molecule has 1 heterocycles. The number of alkyl halides is 3. The van der Waals surface area contributed by atoms with Crippen molar-refractivity contribution in [2.24, 2.45) is 4.40 Å². The Kier molecular flexibility index (Phi) is 5.17. The second kappa shape index (κ2) is 6.80. The first-order valence-electron chi connectivity index (χ1n) is 7.03. The second-order valence-corrected chi connectivity index (χ2v) is 7.95. The molecule has 0 aliphatic heterocycles. The molecule has 0 spiro atoms. The van der Waals surface area contributed by atoms with Gasteiger partial charge in [-0.05, 0) is 32.9 Å². The summed E-state index contributed by atoms with van der Waals surface area (Å²) in [7, 11) is -1.38. The summed E-state index contributed by atoms with van der Waals surface area (Å²) >= 11 is 0. The molecule has 128 valence electrons. The Morgan fingerprint density at radius 2 is 1.58 bits per heavy atom. The van der Waals surface area contributed by atoms with Crippen LogP contribution in [0.2, 0.25) is 0 Å². The zero-order valence-electron chi connectivity index (χ0n) is 13.3. The number of nitrogens with zero attached hydrogens (tertiary/aromatic N) is 3. The van der Waals surface area contributed by atoms with Crippen LogP contribution < -0.4 is 0 Å². The summed E-state index contributed by atoms with van der Waals surface area (Å²) in [6, 6.07) is 4.61. The number of hydrogen-bond acceptors (Lipinski definition) is 3. The molecule has 1 atom stereocenters. The van der Waals surface area contributed by atoms with Crippen molar-refractivity contribution >= 4 is 17.2 Å². The number of rotatable bonds is 3. The van der Waals surface area contributed by atoms with E-state index in [9.17, 15) is 17.4 Å². The van der Waals surface area contributed by atoms with E-state index in [2.05, 4.69) is 14.4 Å². The summed E-state index contributed by atoms with van der Waals surface area (Å²) in [5, 5.41) is 0. The fourth-order valence-corrected chi connectivity index (χ4v) is 2.16. The largest absolute Gasteiger partial charge is 0.416 e. The van der Waals surface area contributed by atoms with Crippen LogP contribution in [0, 0.1) is 0 Å². The molecule has 0 bridgehead atoms. The lowest BCUT2D eigenvalue weighted by atomic mass is 10.1. The highest BCUT2D eigenvalue weighted by atomic mass is 32.2. The monoisotopic (exact) mass is 355 g/mol. The molecule has 0 amide bonds. The fraction of sp³-hybridized carbons (Fsp3) is 0.312. The van der Waals surface area contributed by atoms with Gasteiger partial charge in [0.15, 0.2) is 5.82 Å². The first-order valence-corrected chi connectivity index (χ1v) is 8.14. The molecule has 0 N–H and O–H groups in total. The molecule has 4 nitrogen and oxygen atoms in total. The van der Waals surface area contributed by atoms with Gasteiger partial charge in [-0.15, -0.1) is 0 Å². The van der Waals surface area contributed by atoms with E-state index < -0.39 is 27.5 Å². The molecule has 0 radical (unpaired) electrons. The zero-order valence-corrected chi connectivity index (χ0v) is 14.1. The Bertz CT molecular complexity index is 748. The van der Waals surface area contributed by atoms with Crippen LogP contribution in [0.3, 0.4) is 0 Å². The Hall–Kier alpha value is -2.09. The highest BCUT2D eigenvalue weighted by Crippen LogP contribution is 2.30. The van der Waals surface area contributed by atoms with Crippen molar-refractivity contribution < 1.29 is 17.4 Å². The summed E-state index contributed by atoms with van der Waals surface area (Å²) < 4.78 is 52.9. The molecule has 0 fully saturated rings. The SMILES string of the molecule is CC(C)(C)[S@@](=O)N=Cc1cnc(-c2ccc(C(F)(F)F)cc2)nc1. The van der Waals surface area contributed by atoms with Gasteiger partial charge in [-0.25, -0.2) is 14.2 Å². The number of halogens is 3. The van der Waals surface area contributed by atoms with Gasteiger partial charge in [0.05, 0.1) is 10.3 Å². The van der Waals surface area contributed by atoms with Crippen LogP contribution in [0.5, 0.6) is 0 Å². The molecule has 8 heteroatoms. The lowest BCUT2D eigenvalue weighted by Crippen LogP contribution is -2.19. The van der Waals surface area contributed by atoms with Gasteiger partial charge in [-0.3, -0.25) is 0 Å². The smallest absolute Gasteiger partial charge is 0.236 e. The summed E-state index contributed by atoms with van der Waals surface area (Å²) in [4.78, 5) is 8.20. The van der Waals surface area contributed by atoms with Crippen molar-refractivity contribution in [3.05, 3.63) is 47.8 Å². The topological polar surface area (TPSA) is 55.2 Å². The summed E-state index contributed by atoms with van der Waals surface area (Å²) in [5.41, 5.74) is 0.313. The summed E-state index contributed by atoms with van der Waals surface area (Å²) in [6.07, 6.45) is -0.00691. The third kappa shape index (κ3) is 4.70. The lowest BCUT2D eigenvalue weighted by Gasteiger charge is -2.12. The average Bonchev–Trinajstić information content (AvgIpc) is 2.51. The van der Waals surface area contributed by atoms with Gasteiger partial charge in [-0.2, -0.15) is 17.6 Å². The van der Waals surface area contributed by atoms with Crippen molar-refractivity contribution in [1.82, 2.24) is 9.97 Å². The third-order valence-electron chi connectivity index (χ3n) is 2.96. The second-order valence-electron chi connectivity index (χ2n) is 6.01. The van der Waals surface area contributed by atoms with Crippen LogP contribution in [0.25, 0.3) is 11.4 Å². The molecular formula is C16H16F3N3OS. The summed E-state index contributed by atoms with van der Waals surface area (Å²) in [5.74, 6) is 0.304. The van der Waals surface area contributed by atoms with E-state index in [-0.39, 0.29) is 0 Å². The molecule has 2 aromatic rings. The first-order chi connectivity index (χ1) is 11.1. The Morgan fingerprint density at radius 3 is 2.04 bits per heavy atom. The molecular weight excluding hydrogens is 339 g/mol. The minimum absolute atomic E-state index is 0.304. The maximum Gasteiger partial charge on any atom is 0.416 e. The van der Waals surface area contributed by atoms with E-state index in [0.29, 0.717) is 17.0 Å². The molecule has 0 aliphatic carbocycles. The maximum absolute atomic E-state index is 12.5. The van der Waals surface area contributed by atoms with Crippen molar-refractivity contribution in [2.45, 2.75) is 31.7 Å². The van der Waals surface area contributed by atoms with Gasteiger partial charge < -0.3 is 0 Å². The minimum Gasteiger partial charge on any atom is -0.236 e. The van der Waals surface area contributed by atoms with E-state index in [4.69, 9.17) is 0 Å². The van der Waals surface area contributed by atoms with E-state index in [1.807, 2.05) is 20.8 Å². The van der Waals surface area contributed by atoms with Crippen molar-refractivity contribution in [1.29, 1.82) is 0 Å². The van der Waals surface area contributed by atoms with Gasteiger partial charge in [0.1, 0.15) is 11.0 Å². The van der Waals surface area contributed by atoms with Gasteiger partial charge in [-0.1, -0.05) is 12.1 Å². The van der Waals surface area contributed by atoms with E-state index in [0.717, 1.165) is 12.1 Å². The molecule has 0 aliphatic rings. The Morgan fingerprint density at radius 1 is 1.04 bits per heavy atom. The maximum atomic E-state index is 12.5. The van der Waals surface area contributed by atoms with Crippen LogP contribution in [0.15, 0.2) is 41.1 Å². The standard InChI is InChI=1S/C16H16F3N3OS/c1-15(2,3)24(23)22-10-11-8-20-14(21-9-11)12-4-6-13(7-5-12)16(17,18)19/h4-10H,1-3H3/t24-/m1/s1. The van der Waals surface area contributed by atoms with Crippen LogP contribution >= 0.6 is 0 Å². The quantitative estimate of drug-likeness (QED) is 0.781. The third-order valence-corrected chi connectivity index (χ3v) is 4.31. The van der Waals surface area contributed by atoms with Crippen LogP contribution in [0.1, 0.15) is 31.9 Å². The fourth-order valence-electron chi connectivity index (χ4n) is 1.63. The van der Waals surface area contributed by atoms with Crippen molar-refractivity contribution in [3.8, 4) is 11.4 Å². The highest BCUT2D eigenvalue weighted by molar-refractivity contribution is 7.85. The Labute approximate surface area is 140 Å². The molecule has 1 aromatic heterocycles. The van der Waals surface area contributed by atoms with Crippen LogP contribution in [-0.4, -0.2) is 25.1 Å². The predicted octanol–water partition coefficient (Wildman–Crippen LogP) is 4.04. The van der Waals surface area contributed by atoms with E-state index in [1.165, 1.54) is 30.7 Å². The van der Waals surface area contributed by atoms with Crippen LogP contribution in [-0.2, 0) is 17.2 Å². The van der Waals surface area contributed by atoms with E-state index in [1.54, 1.807) is 0 Å². The number of hydrogen-bond donors (Lipinski definition) is 0. The van der Waals surface area contributed by atoms with Gasteiger partial charge in [0, 0.05) is 29.7 Å². The van der Waals surface area contributed by atoms with Crippen molar-refractivity contribution in [2.75, 3.05) is 0 Å². The molecule has 0 unspecified atom stereocenters. The highest BCUT2D eigenvalue weighted by Gasteiger charge is 2.30. The Balaban J connectivity index is 2.15. The predicted molar refractivity (Wildman–Crippen MR) is 88.0 cm³/mol. The van der Waals surface area contributed by atoms with Gasteiger partial charge >= 0.3 is 6.18 Å². The van der Waals surface area contributed by atoms with Gasteiger partial charge in [0.2, 0.25) is 0 Å². The van der Waals surface area contributed by atoms with Crippen LogP contribution in [0.4, 0.5) is 13.2 Å². The first kappa shape index (κ1) is 18.3. The number of aromatic nitrogens is 2. The normalized spacial score (nSPS) is 14.1. The summed E-state index contributed by atoms with van der Waals surface area (Å²) in [6.45, 7) is 5.43.